The van der Waals surface area contributed by atoms with Crippen LogP contribution in [0.15, 0.2) is 54.6 Å². The zero-order chi connectivity index (χ0) is 28.4. The summed E-state index contributed by atoms with van der Waals surface area (Å²) < 4.78 is 11.5. The van der Waals surface area contributed by atoms with Crippen molar-refractivity contribution in [3.8, 4) is 11.5 Å². The van der Waals surface area contributed by atoms with E-state index in [-0.39, 0.29) is 5.91 Å². The first-order valence-electron chi connectivity index (χ1n) is 16.5. The molecule has 2 aromatic carbocycles. The summed E-state index contributed by atoms with van der Waals surface area (Å²) in [6.45, 7) is 3.16. The fraction of sp³-hybridized carbons (Fsp3) is 0.639. The van der Waals surface area contributed by atoms with Gasteiger partial charge in [-0.3, -0.25) is 4.79 Å². The van der Waals surface area contributed by atoms with Crippen LogP contribution in [-0.4, -0.2) is 19.1 Å². The van der Waals surface area contributed by atoms with Crippen LogP contribution < -0.4 is 14.8 Å². The lowest BCUT2D eigenvalue weighted by Crippen LogP contribution is -2.14. The second-order valence-corrected chi connectivity index (χ2v) is 11.2. The lowest BCUT2D eigenvalue weighted by atomic mass is 10.0. The van der Waals surface area contributed by atoms with E-state index in [0.717, 1.165) is 24.3 Å². The van der Waals surface area contributed by atoms with Gasteiger partial charge in [-0.15, -0.1) is 0 Å². The molecule has 40 heavy (non-hydrogen) atoms. The van der Waals surface area contributed by atoms with E-state index in [1.165, 1.54) is 109 Å². The minimum absolute atomic E-state index is 0.0589. The molecule has 1 N–H and O–H groups in total. The van der Waals surface area contributed by atoms with E-state index in [2.05, 4.69) is 12.2 Å². The van der Waals surface area contributed by atoms with Gasteiger partial charge in [0.1, 0.15) is 24.7 Å². The Balaban J connectivity index is 1.38. The number of para-hydroxylation sites is 3. The monoisotopic (exact) mass is 551 g/mol. The SMILES string of the molecule is CCCCCCCCCCCCCCCCCCCCCC(=O)Nc1ccccc1OCCOc1ccccc1. The summed E-state index contributed by atoms with van der Waals surface area (Å²) in [5.41, 5.74) is 0.727. The molecule has 0 saturated carbocycles. The van der Waals surface area contributed by atoms with E-state index in [4.69, 9.17) is 9.47 Å². The van der Waals surface area contributed by atoms with Crippen molar-refractivity contribution in [3.63, 3.8) is 0 Å². The molecule has 1 amide bonds. The quantitative estimate of drug-likeness (QED) is 0.118. The summed E-state index contributed by atoms with van der Waals surface area (Å²) in [7, 11) is 0. The van der Waals surface area contributed by atoms with Gasteiger partial charge in [-0.25, -0.2) is 0 Å². The summed E-state index contributed by atoms with van der Waals surface area (Å²) in [5.74, 6) is 1.57. The zero-order valence-corrected chi connectivity index (χ0v) is 25.5. The number of benzene rings is 2. The molecule has 0 aliphatic heterocycles. The normalized spacial score (nSPS) is 10.9. The Morgan fingerprint density at radius 1 is 0.550 bits per heavy atom. The molecule has 0 unspecified atom stereocenters. The van der Waals surface area contributed by atoms with E-state index in [1.54, 1.807) is 0 Å². The van der Waals surface area contributed by atoms with Crippen molar-refractivity contribution in [1.29, 1.82) is 0 Å². The first-order chi connectivity index (χ1) is 19.8. The molecule has 0 aliphatic carbocycles. The smallest absolute Gasteiger partial charge is 0.224 e. The fourth-order valence-corrected chi connectivity index (χ4v) is 5.10. The zero-order valence-electron chi connectivity index (χ0n) is 25.5. The number of carbonyl (C=O) groups excluding carboxylic acids is 1. The third-order valence-electron chi connectivity index (χ3n) is 7.52. The molecule has 4 heteroatoms. The van der Waals surface area contributed by atoms with Crippen molar-refractivity contribution >= 4 is 11.6 Å². The van der Waals surface area contributed by atoms with Gasteiger partial charge in [0.2, 0.25) is 5.91 Å². The minimum atomic E-state index is 0.0589. The second-order valence-electron chi connectivity index (χ2n) is 11.2. The van der Waals surface area contributed by atoms with E-state index in [9.17, 15) is 4.79 Å². The molecule has 0 aliphatic rings. The van der Waals surface area contributed by atoms with Crippen LogP contribution >= 0.6 is 0 Å². The van der Waals surface area contributed by atoms with Crippen molar-refractivity contribution in [1.82, 2.24) is 0 Å². The predicted octanol–water partition coefficient (Wildman–Crippen LogP) is 10.9. The van der Waals surface area contributed by atoms with E-state index >= 15 is 0 Å². The lowest BCUT2D eigenvalue weighted by molar-refractivity contribution is -0.116. The van der Waals surface area contributed by atoms with Gasteiger partial charge in [0.25, 0.3) is 0 Å². The topological polar surface area (TPSA) is 47.6 Å². The maximum Gasteiger partial charge on any atom is 0.224 e. The largest absolute Gasteiger partial charge is 0.490 e. The first kappa shape index (κ1) is 33.7. The summed E-state index contributed by atoms with van der Waals surface area (Å²) >= 11 is 0. The molecule has 0 spiro atoms. The van der Waals surface area contributed by atoms with Crippen LogP contribution in [-0.2, 0) is 4.79 Å². The van der Waals surface area contributed by atoms with Crippen molar-refractivity contribution in [2.24, 2.45) is 0 Å². The number of nitrogens with one attached hydrogen (secondary N) is 1. The highest BCUT2D eigenvalue weighted by Crippen LogP contribution is 2.24. The molecule has 0 aromatic heterocycles. The summed E-state index contributed by atoms with van der Waals surface area (Å²) in [6, 6.07) is 17.3. The van der Waals surface area contributed by atoms with Crippen LogP contribution in [0.5, 0.6) is 11.5 Å². The third kappa shape index (κ3) is 18.0. The number of hydrogen-bond donors (Lipinski definition) is 1. The average Bonchev–Trinajstić information content (AvgIpc) is 2.98. The van der Waals surface area contributed by atoms with Gasteiger partial charge in [0.15, 0.2) is 0 Å². The van der Waals surface area contributed by atoms with Crippen LogP contribution in [0.3, 0.4) is 0 Å². The lowest BCUT2D eigenvalue weighted by Gasteiger charge is -2.13. The number of hydrogen-bond acceptors (Lipinski definition) is 3. The van der Waals surface area contributed by atoms with Gasteiger partial charge in [-0.1, -0.05) is 153 Å². The molecule has 0 saturated heterocycles. The van der Waals surface area contributed by atoms with Gasteiger partial charge in [0.05, 0.1) is 5.69 Å². The number of carbonyl (C=O) groups is 1. The Morgan fingerprint density at radius 2 is 1.00 bits per heavy atom. The second kappa shape index (κ2) is 24.3. The molecule has 4 nitrogen and oxygen atoms in total. The van der Waals surface area contributed by atoms with Crippen LogP contribution in [0.25, 0.3) is 0 Å². The van der Waals surface area contributed by atoms with E-state index in [0.29, 0.717) is 25.4 Å². The first-order valence-corrected chi connectivity index (χ1v) is 16.5. The molecule has 224 valence electrons. The van der Waals surface area contributed by atoms with Crippen molar-refractivity contribution in [2.75, 3.05) is 18.5 Å². The van der Waals surface area contributed by atoms with Gasteiger partial charge in [-0.2, -0.15) is 0 Å². The molecule has 0 heterocycles. The number of anilines is 1. The molecule has 0 bridgehead atoms. The summed E-state index contributed by atoms with van der Waals surface area (Å²) in [4.78, 5) is 12.5. The van der Waals surface area contributed by atoms with Crippen molar-refractivity contribution in [2.45, 2.75) is 135 Å². The Hall–Kier alpha value is -2.49. The molecule has 0 atom stereocenters. The number of ether oxygens (including phenoxy) is 2. The fourth-order valence-electron chi connectivity index (χ4n) is 5.10. The Morgan fingerprint density at radius 3 is 1.55 bits per heavy atom. The highest BCUT2D eigenvalue weighted by molar-refractivity contribution is 5.92. The van der Waals surface area contributed by atoms with Crippen LogP contribution in [0.4, 0.5) is 5.69 Å². The summed E-state index contributed by atoms with van der Waals surface area (Å²) in [6.07, 6.45) is 26.4. The Labute approximate surface area is 245 Å². The molecule has 2 rings (SSSR count). The molecule has 0 fully saturated rings. The highest BCUT2D eigenvalue weighted by Gasteiger charge is 2.08. The van der Waals surface area contributed by atoms with Crippen LogP contribution in [0, 0.1) is 0 Å². The Bertz CT molecular complexity index is 854. The van der Waals surface area contributed by atoms with Crippen molar-refractivity contribution < 1.29 is 14.3 Å². The average molecular weight is 552 g/mol. The van der Waals surface area contributed by atoms with Crippen LogP contribution in [0.2, 0.25) is 0 Å². The maximum atomic E-state index is 12.5. The van der Waals surface area contributed by atoms with Crippen LogP contribution in [0.1, 0.15) is 135 Å². The van der Waals surface area contributed by atoms with Gasteiger partial charge in [-0.05, 0) is 30.7 Å². The standard InChI is InChI=1S/C36H57NO3/c1-2-3-4-5-6-7-8-9-10-11-12-13-14-15-16-17-18-19-23-30-36(38)37-34-28-24-25-29-35(34)40-32-31-39-33-26-21-20-22-27-33/h20-22,24-29H,2-19,23,30-32H2,1H3,(H,37,38). The number of unbranched alkanes of at least 4 members (excludes halogenated alkanes) is 18. The summed E-state index contributed by atoms with van der Waals surface area (Å²) in [5, 5.41) is 3.02. The molecular weight excluding hydrogens is 494 g/mol. The van der Waals surface area contributed by atoms with Gasteiger partial charge >= 0.3 is 0 Å². The van der Waals surface area contributed by atoms with E-state index in [1.807, 2.05) is 54.6 Å². The molecule has 0 radical (unpaired) electrons. The highest BCUT2D eigenvalue weighted by atomic mass is 16.5. The number of amides is 1. The maximum absolute atomic E-state index is 12.5. The molecule has 2 aromatic rings. The van der Waals surface area contributed by atoms with E-state index < -0.39 is 0 Å². The van der Waals surface area contributed by atoms with Crippen molar-refractivity contribution in [3.05, 3.63) is 54.6 Å². The Kier molecular flexibility index (Phi) is 20.5. The predicted molar refractivity (Wildman–Crippen MR) is 171 cm³/mol. The third-order valence-corrected chi connectivity index (χ3v) is 7.52. The van der Waals surface area contributed by atoms with Gasteiger partial charge < -0.3 is 14.8 Å². The van der Waals surface area contributed by atoms with Gasteiger partial charge in [0, 0.05) is 6.42 Å². The minimum Gasteiger partial charge on any atom is -0.490 e. The molecular formula is C36H57NO3. The number of rotatable bonds is 26.